The molecule has 0 atom stereocenters. The van der Waals surface area contributed by atoms with Crippen molar-refractivity contribution in [2.45, 2.75) is 40.4 Å². The first-order chi connectivity index (χ1) is 16.2. The van der Waals surface area contributed by atoms with E-state index in [0.29, 0.717) is 21.8 Å². The van der Waals surface area contributed by atoms with Gasteiger partial charge in [0.1, 0.15) is 0 Å². The summed E-state index contributed by atoms with van der Waals surface area (Å²) in [6.07, 6.45) is -4.48. The second-order valence-electron chi connectivity index (χ2n) is 8.84. The minimum absolute atomic E-state index is 0.127. The predicted molar refractivity (Wildman–Crippen MR) is 126 cm³/mol. The molecule has 2 aromatic carbocycles. The Bertz CT molecular complexity index is 1250. The van der Waals surface area contributed by atoms with Crippen molar-refractivity contribution in [3.63, 3.8) is 0 Å². The lowest BCUT2D eigenvalue weighted by molar-refractivity contribution is -0.137. The number of alkyl halides is 3. The lowest BCUT2D eigenvalue weighted by Crippen LogP contribution is -2.34. The largest absolute Gasteiger partial charge is 0.416 e. The number of rotatable bonds is 5. The standard InChI is InChI=1S/C25H23ClF3N3O3/c1-14(33)35-23-31-20(16-6-8-17(9-7-16)25(27,28)29)12-21(32-23)18-11-15(5-10-19(18)26)13-30-22(34)24(2,3)4/h5-12H,13H2,1-4H3,(H,30,34). The van der Waals surface area contributed by atoms with Crippen molar-refractivity contribution >= 4 is 23.5 Å². The van der Waals surface area contributed by atoms with E-state index in [-0.39, 0.29) is 24.2 Å². The Kier molecular flexibility index (Phi) is 7.50. The molecule has 0 unspecified atom stereocenters. The molecule has 184 valence electrons. The maximum atomic E-state index is 13.0. The highest BCUT2D eigenvalue weighted by Gasteiger charge is 2.30. The third kappa shape index (κ3) is 6.79. The smallest absolute Gasteiger partial charge is 0.391 e. The normalized spacial score (nSPS) is 11.8. The number of ether oxygens (including phenoxy) is 1. The van der Waals surface area contributed by atoms with Crippen LogP contribution in [0, 0.1) is 5.41 Å². The summed E-state index contributed by atoms with van der Waals surface area (Å²) < 4.78 is 43.9. The number of nitrogens with one attached hydrogen (secondary N) is 1. The number of amides is 1. The van der Waals surface area contributed by atoms with Crippen molar-refractivity contribution in [3.8, 4) is 28.5 Å². The van der Waals surface area contributed by atoms with Crippen molar-refractivity contribution in [1.29, 1.82) is 0 Å². The van der Waals surface area contributed by atoms with Crippen LogP contribution < -0.4 is 10.1 Å². The molecule has 35 heavy (non-hydrogen) atoms. The van der Waals surface area contributed by atoms with Crippen LogP contribution >= 0.6 is 11.6 Å². The average Bonchev–Trinajstić information content (AvgIpc) is 2.76. The van der Waals surface area contributed by atoms with Crippen LogP contribution in [0.4, 0.5) is 13.2 Å². The summed E-state index contributed by atoms with van der Waals surface area (Å²) in [7, 11) is 0. The highest BCUT2D eigenvalue weighted by molar-refractivity contribution is 6.33. The minimum Gasteiger partial charge on any atom is -0.391 e. The van der Waals surface area contributed by atoms with Crippen molar-refractivity contribution in [1.82, 2.24) is 15.3 Å². The molecular formula is C25H23ClF3N3O3. The highest BCUT2D eigenvalue weighted by atomic mass is 35.5. The van der Waals surface area contributed by atoms with E-state index in [4.69, 9.17) is 16.3 Å². The van der Waals surface area contributed by atoms with Gasteiger partial charge in [0, 0.05) is 35.0 Å². The van der Waals surface area contributed by atoms with E-state index >= 15 is 0 Å². The zero-order chi connectivity index (χ0) is 26.0. The summed E-state index contributed by atoms with van der Waals surface area (Å²) in [6, 6.07) is 10.8. The number of hydrogen-bond donors (Lipinski definition) is 1. The van der Waals surface area contributed by atoms with Crippen LogP contribution in [-0.4, -0.2) is 21.8 Å². The van der Waals surface area contributed by atoms with Gasteiger partial charge < -0.3 is 10.1 Å². The van der Waals surface area contributed by atoms with Gasteiger partial charge in [-0.25, -0.2) is 0 Å². The number of hydrogen-bond acceptors (Lipinski definition) is 5. The third-order valence-electron chi connectivity index (χ3n) is 4.89. The molecule has 0 saturated heterocycles. The van der Waals surface area contributed by atoms with Gasteiger partial charge in [-0.05, 0) is 35.9 Å². The molecule has 0 fully saturated rings. The first-order valence-corrected chi connectivity index (χ1v) is 10.9. The second kappa shape index (κ2) is 10.0. The molecule has 0 radical (unpaired) electrons. The summed E-state index contributed by atoms with van der Waals surface area (Å²) >= 11 is 6.41. The van der Waals surface area contributed by atoms with E-state index < -0.39 is 23.1 Å². The van der Waals surface area contributed by atoms with Crippen LogP contribution in [0.3, 0.4) is 0 Å². The lowest BCUT2D eigenvalue weighted by Gasteiger charge is -2.18. The van der Waals surface area contributed by atoms with Gasteiger partial charge in [0.2, 0.25) is 5.91 Å². The molecule has 1 N–H and O–H groups in total. The number of nitrogens with zero attached hydrogens (tertiary/aromatic N) is 2. The maximum absolute atomic E-state index is 13.0. The Balaban J connectivity index is 2.02. The van der Waals surface area contributed by atoms with Gasteiger partial charge in [0.25, 0.3) is 0 Å². The van der Waals surface area contributed by atoms with Crippen LogP contribution in [0.15, 0.2) is 48.5 Å². The Labute approximate surface area is 205 Å². The third-order valence-corrected chi connectivity index (χ3v) is 5.22. The number of carbonyl (C=O) groups is 2. The van der Waals surface area contributed by atoms with Crippen molar-refractivity contribution in [3.05, 3.63) is 64.7 Å². The first-order valence-electron chi connectivity index (χ1n) is 10.6. The Hall–Kier alpha value is -3.46. The van der Waals surface area contributed by atoms with E-state index in [9.17, 15) is 22.8 Å². The fourth-order valence-electron chi connectivity index (χ4n) is 3.04. The fourth-order valence-corrected chi connectivity index (χ4v) is 3.26. The molecule has 0 saturated carbocycles. The van der Waals surface area contributed by atoms with Gasteiger partial charge in [-0.1, -0.05) is 50.6 Å². The zero-order valence-electron chi connectivity index (χ0n) is 19.5. The second-order valence-corrected chi connectivity index (χ2v) is 9.24. The summed E-state index contributed by atoms with van der Waals surface area (Å²) in [4.78, 5) is 32.2. The molecule has 0 aliphatic heterocycles. The molecule has 10 heteroatoms. The number of benzene rings is 2. The molecule has 3 rings (SSSR count). The number of aromatic nitrogens is 2. The van der Waals surface area contributed by atoms with Gasteiger partial charge in [-0.3, -0.25) is 9.59 Å². The average molecular weight is 506 g/mol. The van der Waals surface area contributed by atoms with E-state index in [1.807, 2.05) is 0 Å². The van der Waals surface area contributed by atoms with Crippen LogP contribution in [-0.2, 0) is 22.3 Å². The molecule has 3 aromatic rings. The molecule has 1 aromatic heterocycles. The molecule has 1 amide bonds. The number of halogens is 4. The topological polar surface area (TPSA) is 81.2 Å². The molecular weight excluding hydrogens is 483 g/mol. The van der Waals surface area contributed by atoms with Gasteiger partial charge in [0.15, 0.2) is 0 Å². The van der Waals surface area contributed by atoms with Gasteiger partial charge >= 0.3 is 18.2 Å². The number of carbonyl (C=O) groups excluding carboxylic acids is 2. The maximum Gasteiger partial charge on any atom is 0.416 e. The van der Waals surface area contributed by atoms with Gasteiger partial charge in [-0.2, -0.15) is 23.1 Å². The molecule has 0 aliphatic carbocycles. The fraction of sp³-hybridized carbons (Fsp3) is 0.280. The van der Waals surface area contributed by atoms with Crippen molar-refractivity contribution in [2.24, 2.45) is 5.41 Å². The van der Waals surface area contributed by atoms with Crippen molar-refractivity contribution < 1.29 is 27.5 Å². The summed E-state index contributed by atoms with van der Waals surface area (Å²) in [5.41, 5.74) is 0.743. The molecule has 0 spiro atoms. The summed E-state index contributed by atoms with van der Waals surface area (Å²) in [6.45, 7) is 6.83. The number of esters is 1. The van der Waals surface area contributed by atoms with E-state index in [1.165, 1.54) is 25.1 Å². The quantitative estimate of drug-likeness (QED) is 0.426. The van der Waals surface area contributed by atoms with E-state index in [0.717, 1.165) is 17.7 Å². The van der Waals surface area contributed by atoms with Crippen LogP contribution in [0.1, 0.15) is 38.8 Å². The van der Waals surface area contributed by atoms with E-state index in [1.54, 1.807) is 39.0 Å². The molecule has 6 nitrogen and oxygen atoms in total. The molecule has 1 heterocycles. The van der Waals surface area contributed by atoms with Crippen LogP contribution in [0.5, 0.6) is 6.01 Å². The van der Waals surface area contributed by atoms with E-state index in [2.05, 4.69) is 15.3 Å². The van der Waals surface area contributed by atoms with Crippen LogP contribution in [0.25, 0.3) is 22.5 Å². The Morgan fingerprint density at radius 1 is 0.971 bits per heavy atom. The molecule has 0 bridgehead atoms. The van der Waals surface area contributed by atoms with Gasteiger partial charge in [-0.15, -0.1) is 0 Å². The SMILES string of the molecule is CC(=O)Oc1nc(-c2ccc(C(F)(F)F)cc2)cc(-c2cc(CNC(=O)C(C)(C)C)ccc2Cl)n1. The van der Waals surface area contributed by atoms with Gasteiger partial charge in [0.05, 0.1) is 17.0 Å². The highest BCUT2D eigenvalue weighted by Crippen LogP contribution is 2.34. The lowest BCUT2D eigenvalue weighted by atomic mass is 9.95. The zero-order valence-corrected chi connectivity index (χ0v) is 20.2. The van der Waals surface area contributed by atoms with Crippen LogP contribution in [0.2, 0.25) is 5.02 Å². The summed E-state index contributed by atoms with van der Waals surface area (Å²) in [5.74, 6) is -0.789. The Morgan fingerprint density at radius 2 is 1.60 bits per heavy atom. The Morgan fingerprint density at radius 3 is 2.17 bits per heavy atom. The predicted octanol–water partition coefficient (Wildman–Crippen LogP) is 6.07. The van der Waals surface area contributed by atoms with Crippen molar-refractivity contribution in [2.75, 3.05) is 0 Å². The first kappa shape index (κ1) is 26.2. The summed E-state index contributed by atoms with van der Waals surface area (Å²) in [5, 5.41) is 3.19. The monoisotopic (exact) mass is 505 g/mol. The minimum atomic E-state index is -4.48. The molecule has 0 aliphatic rings.